The molecule has 0 amide bonds. The van der Waals surface area contributed by atoms with E-state index in [1.165, 1.54) is 0 Å². The third kappa shape index (κ3) is 1.78. The summed E-state index contributed by atoms with van der Waals surface area (Å²) in [5.41, 5.74) is 2.64. The third-order valence-corrected chi connectivity index (χ3v) is 2.74. The normalized spacial score (nSPS) is 10.5. The van der Waals surface area contributed by atoms with Crippen LogP contribution in [0.2, 0.25) is 0 Å². The van der Waals surface area contributed by atoms with Gasteiger partial charge in [-0.3, -0.25) is 0 Å². The van der Waals surface area contributed by atoms with E-state index in [0.29, 0.717) is 10.6 Å². The van der Waals surface area contributed by atoms with Gasteiger partial charge in [0.25, 0.3) is 0 Å². The summed E-state index contributed by atoms with van der Waals surface area (Å²) in [4.78, 5) is 8.54. The number of nitrogens with zero attached hydrogens (tertiary/aromatic N) is 5. The van der Waals surface area contributed by atoms with Crippen molar-refractivity contribution in [2.75, 3.05) is 12.4 Å². The number of halogens is 1. The van der Waals surface area contributed by atoms with Gasteiger partial charge in [0.05, 0.1) is 5.69 Å². The average Bonchev–Trinajstić information content (AvgIpc) is 2.60. The van der Waals surface area contributed by atoms with Crippen LogP contribution in [-0.4, -0.2) is 32.0 Å². The summed E-state index contributed by atoms with van der Waals surface area (Å²) in [7, 11) is 3.61. The number of anilines is 1. The first-order valence-corrected chi connectivity index (χ1v) is 5.49. The van der Waals surface area contributed by atoms with Crippen molar-refractivity contribution in [1.82, 2.24) is 25.0 Å². The Morgan fingerprint density at radius 2 is 2.19 bits per heavy atom. The predicted molar refractivity (Wildman–Crippen MR) is 64.0 cm³/mol. The van der Waals surface area contributed by atoms with E-state index in [2.05, 4.69) is 41.5 Å². The molecule has 84 valence electrons. The van der Waals surface area contributed by atoms with Crippen molar-refractivity contribution in [2.45, 2.75) is 6.92 Å². The summed E-state index contributed by atoms with van der Waals surface area (Å²) in [5, 5.41) is 10.8. The Morgan fingerprint density at radius 3 is 2.75 bits per heavy atom. The highest BCUT2D eigenvalue weighted by Crippen LogP contribution is 2.26. The second-order valence-corrected chi connectivity index (χ2v) is 4.08. The van der Waals surface area contributed by atoms with Crippen molar-refractivity contribution in [1.29, 1.82) is 0 Å². The van der Waals surface area contributed by atoms with Crippen LogP contribution < -0.4 is 5.32 Å². The number of aryl methyl sites for hydroxylation is 2. The molecular weight excluding hydrogens is 272 g/mol. The first-order chi connectivity index (χ1) is 7.63. The Kier molecular flexibility index (Phi) is 2.86. The molecule has 2 rings (SSSR count). The van der Waals surface area contributed by atoms with Gasteiger partial charge in [-0.25, -0.2) is 14.6 Å². The van der Waals surface area contributed by atoms with Gasteiger partial charge in [-0.1, -0.05) is 5.21 Å². The van der Waals surface area contributed by atoms with Crippen LogP contribution in [-0.2, 0) is 7.05 Å². The zero-order valence-corrected chi connectivity index (χ0v) is 10.8. The molecule has 0 atom stereocenters. The average molecular weight is 283 g/mol. The van der Waals surface area contributed by atoms with Crippen LogP contribution in [0.3, 0.4) is 0 Å². The Labute approximate surface area is 101 Å². The Balaban J connectivity index is 2.63. The van der Waals surface area contributed by atoms with E-state index < -0.39 is 0 Å². The molecule has 0 aliphatic heterocycles. The van der Waals surface area contributed by atoms with Crippen molar-refractivity contribution in [2.24, 2.45) is 7.05 Å². The maximum Gasteiger partial charge on any atom is 0.223 e. The fourth-order valence-corrected chi connectivity index (χ4v) is 1.90. The number of rotatable bonds is 2. The lowest BCUT2D eigenvalue weighted by Gasteiger charge is -2.06. The van der Waals surface area contributed by atoms with Crippen molar-refractivity contribution < 1.29 is 0 Å². The van der Waals surface area contributed by atoms with Crippen LogP contribution >= 0.6 is 15.9 Å². The fraction of sp³-hybridized carbons (Fsp3) is 0.333. The van der Waals surface area contributed by atoms with Gasteiger partial charge >= 0.3 is 0 Å². The topological polar surface area (TPSA) is 68.5 Å². The van der Waals surface area contributed by atoms with E-state index in [9.17, 15) is 0 Å². The van der Waals surface area contributed by atoms with E-state index in [1.807, 2.05) is 14.0 Å². The molecule has 2 aromatic rings. The molecule has 0 aliphatic rings. The number of hydrogen-bond acceptors (Lipinski definition) is 5. The molecule has 0 saturated carbocycles. The molecule has 2 heterocycles. The predicted octanol–water partition coefficient (Wildman–Crippen LogP) is 1.38. The smallest absolute Gasteiger partial charge is 0.223 e. The minimum atomic E-state index is 0.578. The molecule has 0 unspecified atom stereocenters. The van der Waals surface area contributed by atoms with Crippen molar-refractivity contribution in [3.05, 3.63) is 16.4 Å². The van der Waals surface area contributed by atoms with Crippen molar-refractivity contribution >= 4 is 21.9 Å². The second-order valence-electron chi connectivity index (χ2n) is 3.33. The SMILES string of the molecule is CNc1ncc(C)c(-c2c(Br)nnn2C)n1. The molecule has 0 saturated heterocycles. The van der Waals surface area contributed by atoms with Crippen LogP contribution in [0.5, 0.6) is 0 Å². The number of hydrogen-bond donors (Lipinski definition) is 1. The largest absolute Gasteiger partial charge is 0.357 e. The molecule has 16 heavy (non-hydrogen) atoms. The highest BCUT2D eigenvalue weighted by atomic mass is 79.9. The maximum absolute atomic E-state index is 4.40. The van der Waals surface area contributed by atoms with E-state index >= 15 is 0 Å². The van der Waals surface area contributed by atoms with Crippen LogP contribution in [0.4, 0.5) is 5.95 Å². The quantitative estimate of drug-likeness (QED) is 0.901. The lowest BCUT2D eigenvalue weighted by atomic mass is 10.2. The van der Waals surface area contributed by atoms with Gasteiger partial charge in [0.1, 0.15) is 5.69 Å². The van der Waals surface area contributed by atoms with Crippen LogP contribution in [0, 0.1) is 6.92 Å². The summed E-state index contributed by atoms with van der Waals surface area (Å²) >= 11 is 3.36. The molecule has 7 heteroatoms. The van der Waals surface area contributed by atoms with Gasteiger partial charge in [-0.2, -0.15) is 0 Å². The summed E-state index contributed by atoms with van der Waals surface area (Å²) in [6.07, 6.45) is 1.77. The zero-order chi connectivity index (χ0) is 11.7. The first kappa shape index (κ1) is 11.0. The summed E-state index contributed by atoms with van der Waals surface area (Å²) < 4.78 is 2.36. The van der Waals surface area contributed by atoms with E-state index in [4.69, 9.17) is 0 Å². The summed E-state index contributed by atoms with van der Waals surface area (Å²) in [5.74, 6) is 0.578. The monoisotopic (exact) mass is 282 g/mol. The molecule has 6 nitrogen and oxygen atoms in total. The van der Waals surface area contributed by atoms with Crippen LogP contribution in [0.25, 0.3) is 11.4 Å². The molecule has 0 bridgehead atoms. The number of aromatic nitrogens is 5. The van der Waals surface area contributed by atoms with Gasteiger partial charge in [0, 0.05) is 20.3 Å². The lowest BCUT2D eigenvalue weighted by Crippen LogP contribution is -2.02. The molecular formula is C9H11BrN6. The van der Waals surface area contributed by atoms with E-state index in [1.54, 1.807) is 17.9 Å². The van der Waals surface area contributed by atoms with Gasteiger partial charge in [-0.05, 0) is 28.4 Å². The number of nitrogens with one attached hydrogen (secondary N) is 1. The van der Waals surface area contributed by atoms with Gasteiger partial charge in [0.15, 0.2) is 4.60 Å². The van der Waals surface area contributed by atoms with Crippen molar-refractivity contribution in [3.63, 3.8) is 0 Å². The minimum absolute atomic E-state index is 0.578. The highest BCUT2D eigenvalue weighted by Gasteiger charge is 2.15. The second kappa shape index (κ2) is 4.17. The molecule has 0 radical (unpaired) electrons. The Morgan fingerprint density at radius 1 is 1.44 bits per heavy atom. The Hall–Kier alpha value is -1.50. The third-order valence-electron chi connectivity index (χ3n) is 2.21. The Bertz CT molecular complexity index is 501. The summed E-state index contributed by atoms with van der Waals surface area (Å²) in [6, 6.07) is 0. The van der Waals surface area contributed by atoms with Crippen LogP contribution in [0.1, 0.15) is 5.56 Å². The highest BCUT2D eigenvalue weighted by molar-refractivity contribution is 9.10. The maximum atomic E-state index is 4.40. The fourth-order valence-electron chi connectivity index (χ4n) is 1.39. The zero-order valence-electron chi connectivity index (χ0n) is 9.19. The molecule has 0 aromatic carbocycles. The molecule has 0 aliphatic carbocycles. The van der Waals surface area contributed by atoms with E-state index in [-0.39, 0.29) is 0 Å². The van der Waals surface area contributed by atoms with Crippen molar-refractivity contribution in [3.8, 4) is 11.4 Å². The standard InChI is InChI=1S/C9H11BrN6/c1-5-4-12-9(11-2)13-6(5)7-8(10)14-15-16(7)3/h4H,1-3H3,(H,11,12,13). The molecule has 0 fully saturated rings. The van der Waals surface area contributed by atoms with Gasteiger partial charge in [-0.15, -0.1) is 5.10 Å². The molecule has 2 aromatic heterocycles. The van der Waals surface area contributed by atoms with Gasteiger partial charge < -0.3 is 5.32 Å². The van der Waals surface area contributed by atoms with Crippen LogP contribution in [0.15, 0.2) is 10.8 Å². The summed E-state index contributed by atoms with van der Waals surface area (Å²) in [6.45, 7) is 1.95. The molecule has 1 N–H and O–H groups in total. The van der Waals surface area contributed by atoms with E-state index in [0.717, 1.165) is 17.0 Å². The molecule has 0 spiro atoms. The van der Waals surface area contributed by atoms with Gasteiger partial charge in [0.2, 0.25) is 5.95 Å². The first-order valence-electron chi connectivity index (χ1n) is 4.70. The lowest BCUT2D eigenvalue weighted by molar-refractivity contribution is 0.718. The minimum Gasteiger partial charge on any atom is -0.357 e.